The van der Waals surface area contributed by atoms with E-state index in [0.717, 1.165) is 12.8 Å². The fraction of sp³-hybridized carbons (Fsp3) is 0.893. The molecule has 0 fully saturated rings. The van der Waals surface area contributed by atoms with Crippen molar-refractivity contribution in [1.82, 2.24) is 0 Å². The highest BCUT2D eigenvalue weighted by Gasteiger charge is 2.09. The van der Waals surface area contributed by atoms with Crippen LogP contribution >= 0.6 is 0 Å². The Kier molecular flexibility index (Phi) is 22.3. The van der Waals surface area contributed by atoms with Crippen molar-refractivity contribution >= 4 is 5.97 Å². The predicted molar refractivity (Wildman–Crippen MR) is 133 cm³/mol. The minimum Gasteiger partial charge on any atom is -0.459 e. The summed E-state index contributed by atoms with van der Waals surface area (Å²) in [5, 5.41) is 0. The predicted octanol–water partition coefficient (Wildman–Crippen LogP) is 9.71. The summed E-state index contributed by atoms with van der Waals surface area (Å²) in [6.07, 6.45) is 29.1. The van der Waals surface area contributed by atoms with Crippen LogP contribution < -0.4 is 0 Å². The van der Waals surface area contributed by atoms with E-state index in [2.05, 4.69) is 13.5 Å². The average molecular weight is 423 g/mol. The van der Waals surface area contributed by atoms with Gasteiger partial charge in [-0.1, -0.05) is 135 Å². The molecule has 2 nitrogen and oxygen atoms in total. The highest BCUT2D eigenvalue weighted by Crippen LogP contribution is 2.15. The average Bonchev–Trinajstić information content (AvgIpc) is 2.72. The van der Waals surface area contributed by atoms with E-state index in [4.69, 9.17) is 4.74 Å². The number of ether oxygens (including phenoxy) is 1. The molecule has 0 radical (unpaired) electrons. The lowest BCUT2D eigenvalue weighted by molar-refractivity contribution is -0.143. The fourth-order valence-corrected chi connectivity index (χ4v) is 4.03. The molecule has 0 saturated carbocycles. The molecule has 2 heteroatoms. The third-order valence-electron chi connectivity index (χ3n) is 6.12. The van der Waals surface area contributed by atoms with Gasteiger partial charge in [0.1, 0.15) is 0 Å². The lowest BCUT2D eigenvalue weighted by atomic mass is 10.0. The summed E-state index contributed by atoms with van der Waals surface area (Å²) in [6.45, 7) is 9.60. The summed E-state index contributed by atoms with van der Waals surface area (Å²) in [5.74, 6) is -0.254. The van der Waals surface area contributed by atoms with Crippen LogP contribution in [-0.4, -0.2) is 12.1 Å². The lowest BCUT2D eigenvalue weighted by Gasteiger charge is -2.12. The van der Waals surface area contributed by atoms with E-state index in [-0.39, 0.29) is 12.1 Å². The van der Waals surface area contributed by atoms with Crippen LogP contribution in [0.1, 0.15) is 156 Å². The molecular formula is C28H54O2. The van der Waals surface area contributed by atoms with Gasteiger partial charge in [-0.25, -0.2) is 4.79 Å². The van der Waals surface area contributed by atoms with Gasteiger partial charge in [0.05, 0.1) is 6.10 Å². The zero-order chi connectivity index (χ0) is 22.3. The first-order valence-electron chi connectivity index (χ1n) is 13.4. The Bertz CT molecular complexity index is 388. The molecular weight excluding hydrogens is 368 g/mol. The van der Waals surface area contributed by atoms with Crippen LogP contribution in [0.15, 0.2) is 12.2 Å². The van der Waals surface area contributed by atoms with E-state index in [1.807, 2.05) is 6.92 Å². The van der Waals surface area contributed by atoms with Gasteiger partial charge in [0.25, 0.3) is 0 Å². The summed E-state index contributed by atoms with van der Waals surface area (Å²) in [4.78, 5) is 11.4. The topological polar surface area (TPSA) is 26.3 Å². The molecule has 0 aromatic heterocycles. The number of carbonyl (C=O) groups excluding carboxylic acids is 1. The quantitative estimate of drug-likeness (QED) is 0.0930. The van der Waals surface area contributed by atoms with Crippen molar-refractivity contribution in [3.05, 3.63) is 12.2 Å². The second kappa shape index (κ2) is 22.9. The molecule has 0 spiro atoms. The molecule has 0 aromatic rings. The first-order valence-corrected chi connectivity index (χ1v) is 13.4. The largest absolute Gasteiger partial charge is 0.459 e. The minimum absolute atomic E-state index is 0.0183. The Labute approximate surface area is 189 Å². The van der Waals surface area contributed by atoms with Gasteiger partial charge in [-0.3, -0.25) is 0 Å². The summed E-state index contributed by atoms with van der Waals surface area (Å²) in [6, 6.07) is 0. The monoisotopic (exact) mass is 422 g/mol. The van der Waals surface area contributed by atoms with Crippen molar-refractivity contribution in [3.8, 4) is 0 Å². The first-order chi connectivity index (χ1) is 14.6. The van der Waals surface area contributed by atoms with E-state index < -0.39 is 0 Å². The fourth-order valence-electron chi connectivity index (χ4n) is 4.03. The van der Waals surface area contributed by atoms with Gasteiger partial charge in [-0.05, 0) is 26.7 Å². The van der Waals surface area contributed by atoms with E-state index in [1.165, 1.54) is 122 Å². The lowest BCUT2D eigenvalue weighted by Crippen LogP contribution is -2.15. The molecule has 30 heavy (non-hydrogen) atoms. The number of esters is 1. The number of unbranched alkanes of at least 4 members (excludes halogenated alkanes) is 19. The molecule has 0 rings (SSSR count). The Hall–Kier alpha value is -0.790. The van der Waals surface area contributed by atoms with Crippen molar-refractivity contribution in [2.75, 3.05) is 0 Å². The molecule has 0 heterocycles. The Morgan fingerprint density at radius 2 is 0.933 bits per heavy atom. The summed E-state index contributed by atoms with van der Waals surface area (Å²) in [7, 11) is 0. The molecule has 0 aliphatic carbocycles. The number of carbonyl (C=O) groups is 1. The maximum absolute atomic E-state index is 11.4. The van der Waals surface area contributed by atoms with Crippen LogP contribution in [0.5, 0.6) is 0 Å². The van der Waals surface area contributed by atoms with Crippen LogP contribution in [0.3, 0.4) is 0 Å². The molecule has 0 aliphatic heterocycles. The molecule has 178 valence electrons. The zero-order valence-electron chi connectivity index (χ0n) is 21.0. The zero-order valence-corrected chi connectivity index (χ0v) is 21.0. The van der Waals surface area contributed by atoms with Crippen molar-refractivity contribution in [1.29, 1.82) is 0 Å². The molecule has 0 amide bonds. The van der Waals surface area contributed by atoms with Crippen LogP contribution in [0.4, 0.5) is 0 Å². The smallest absolute Gasteiger partial charge is 0.333 e. The summed E-state index contributed by atoms with van der Waals surface area (Å²) in [5.41, 5.74) is 0.491. The van der Waals surface area contributed by atoms with Gasteiger partial charge in [-0.2, -0.15) is 0 Å². The van der Waals surface area contributed by atoms with Crippen LogP contribution in [-0.2, 0) is 9.53 Å². The van der Waals surface area contributed by atoms with Crippen molar-refractivity contribution in [3.63, 3.8) is 0 Å². The second-order valence-corrected chi connectivity index (χ2v) is 9.50. The Morgan fingerprint density at radius 3 is 1.23 bits per heavy atom. The van der Waals surface area contributed by atoms with Gasteiger partial charge < -0.3 is 4.74 Å². The molecule has 0 saturated heterocycles. The highest BCUT2D eigenvalue weighted by molar-refractivity contribution is 5.87. The molecule has 1 unspecified atom stereocenters. The highest BCUT2D eigenvalue weighted by atomic mass is 16.5. The molecule has 0 aromatic carbocycles. The van der Waals surface area contributed by atoms with Gasteiger partial charge in [0.15, 0.2) is 0 Å². The van der Waals surface area contributed by atoms with E-state index in [1.54, 1.807) is 6.92 Å². The van der Waals surface area contributed by atoms with Crippen molar-refractivity contribution < 1.29 is 9.53 Å². The maximum Gasteiger partial charge on any atom is 0.333 e. The SMILES string of the molecule is C=C(C)C(=O)OC(C)CCCCCCCCCCCCCCCCCCCCCC. The Balaban J connectivity index is 3.14. The standard InChI is InChI=1S/C28H54O2/c1-5-6-7-8-9-10-11-12-13-14-15-16-17-18-19-20-21-22-23-24-25-27(4)30-28(29)26(2)3/h27H,2,5-25H2,1,3-4H3. The van der Waals surface area contributed by atoms with Crippen LogP contribution in [0.2, 0.25) is 0 Å². The molecule has 0 aliphatic rings. The van der Waals surface area contributed by atoms with E-state index >= 15 is 0 Å². The molecule has 0 N–H and O–H groups in total. The van der Waals surface area contributed by atoms with Crippen LogP contribution in [0, 0.1) is 0 Å². The minimum atomic E-state index is -0.254. The molecule has 1 atom stereocenters. The van der Waals surface area contributed by atoms with Crippen molar-refractivity contribution in [2.24, 2.45) is 0 Å². The normalized spacial score (nSPS) is 12.1. The van der Waals surface area contributed by atoms with E-state index in [0.29, 0.717) is 5.57 Å². The third-order valence-corrected chi connectivity index (χ3v) is 6.12. The van der Waals surface area contributed by atoms with Gasteiger partial charge >= 0.3 is 5.97 Å². The number of rotatable bonds is 23. The first kappa shape index (κ1) is 29.2. The Morgan fingerprint density at radius 1 is 0.633 bits per heavy atom. The van der Waals surface area contributed by atoms with Gasteiger partial charge in [0.2, 0.25) is 0 Å². The summed E-state index contributed by atoms with van der Waals surface area (Å²) < 4.78 is 5.31. The van der Waals surface area contributed by atoms with Gasteiger partial charge in [0, 0.05) is 5.57 Å². The number of hydrogen-bond donors (Lipinski definition) is 0. The molecule has 0 bridgehead atoms. The van der Waals surface area contributed by atoms with Crippen LogP contribution in [0.25, 0.3) is 0 Å². The summed E-state index contributed by atoms with van der Waals surface area (Å²) >= 11 is 0. The van der Waals surface area contributed by atoms with E-state index in [9.17, 15) is 4.79 Å². The third kappa shape index (κ3) is 21.9. The number of hydrogen-bond acceptors (Lipinski definition) is 2. The second-order valence-electron chi connectivity index (χ2n) is 9.50. The van der Waals surface area contributed by atoms with Gasteiger partial charge in [-0.15, -0.1) is 0 Å². The van der Waals surface area contributed by atoms with Crippen molar-refractivity contribution in [2.45, 2.75) is 162 Å². The maximum atomic E-state index is 11.4.